The fourth-order valence-corrected chi connectivity index (χ4v) is 3.12. The SMILES string of the molecule is Cc1ccc(OCCCC(=O)N(C)[C@H](C)c2ccc(S(N)(=O)=O)cc2)cc1. The van der Waals surface area contributed by atoms with E-state index in [1.165, 1.54) is 17.7 Å². The summed E-state index contributed by atoms with van der Waals surface area (Å²) in [5.74, 6) is 0.801. The lowest BCUT2D eigenvalue weighted by Gasteiger charge is -2.25. The van der Waals surface area contributed by atoms with Gasteiger partial charge in [0, 0.05) is 13.5 Å². The van der Waals surface area contributed by atoms with Gasteiger partial charge in [-0.1, -0.05) is 29.8 Å². The molecular formula is C20H26N2O4S. The van der Waals surface area contributed by atoms with E-state index in [0.717, 1.165) is 11.3 Å². The smallest absolute Gasteiger partial charge is 0.238 e. The molecule has 146 valence electrons. The van der Waals surface area contributed by atoms with E-state index in [1.54, 1.807) is 24.1 Å². The normalized spacial score (nSPS) is 12.4. The first-order valence-electron chi connectivity index (χ1n) is 8.76. The molecule has 0 saturated heterocycles. The van der Waals surface area contributed by atoms with E-state index < -0.39 is 10.0 Å². The molecule has 0 unspecified atom stereocenters. The average molecular weight is 391 g/mol. The van der Waals surface area contributed by atoms with E-state index in [9.17, 15) is 13.2 Å². The number of hydrogen-bond donors (Lipinski definition) is 1. The van der Waals surface area contributed by atoms with Crippen LogP contribution in [0, 0.1) is 6.92 Å². The molecular weight excluding hydrogens is 364 g/mol. The molecule has 2 N–H and O–H groups in total. The van der Waals surface area contributed by atoms with Gasteiger partial charge in [0.15, 0.2) is 0 Å². The summed E-state index contributed by atoms with van der Waals surface area (Å²) in [5, 5.41) is 5.10. The summed E-state index contributed by atoms with van der Waals surface area (Å²) < 4.78 is 28.3. The monoisotopic (exact) mass is 390 g/mol. The number of sulfonamides is 1. The third kappa shape index (κ3) is 6.08. The molecule has 1 atom stereocenters. The highest BCUT2D eigenvalue weighted by Gasteiger charge is 2.18. The lowest BCUT2D eigenvalue weighted by Crippen LogP contribution is -2.29. The highest BCUT2D eigenvalue weighted by Crippen LogP contribution is 2.21. The minimum atomic E-state index is -3.72. The Hall–Kier alpha value is -2.38. The summed E-state index contributed by atoms with van der Waals surface area (Å²) in [7, 11) is -1.98. The first-order valence-corrected chi connectivity index (χ1v) is 10.3. The van der Waals surface area contributed by atoms with E-state index in [4.69, 9.17) is 9.88 Å². The average Bonchev–Trinajstić information content (AvgIpc) is 2.64. The standard InChI is InChI=1S/C20H26N2O4S/c1-15-6-10-18(11-7-15)26-14-4-5-20(23)22(3)16(2)17-8-12-19(13-9-17)27(21,24)25/h6-13,16H,4-5,14H2,1-3H3,(H2,21,24,25)/t16-/m1/s1. The molecule has 0 radical (unpaired) electrons. The van der Waals surface area contributed by atoms with E-state index in [0.29, 0.717) is 19.4 Å². The lowest BCUT2D eigenvalue weighted by molar-refractivity contribution is -0.132. The van der Waals surface area contributed by atoms with Crippen molar-refractivity contribution < 1.29 is 17.9 Å². The topological polar surface area (TPSA) is 89.7 Å². The number of carbonyl (C=O) groups excluding carboxylic acids is 1. The van der Waals surface area contributed by atoms with Crippen molar-refractivity contribution in [2.45, 2.75) is 37.6 Å². The van der Waals surface area contributed by atoms with Crippen molar-refractivity contribution in [1.82, 2.24) is 4.90 Å². The molecule has 0 spiro atoms. The van der Waals surface area contributed by atoms with Crippen LogP contribution in [0.15, 0.2) is 53.4 Å². The first-order chi connectivity index (χ1) is 12.7. The molecule has 0 aliphatic rings. The van der Waals surface area contributed by atoms with Gasteiger partial charge in [-0.15, -0.1) is 0 Å². The van der Waals surface area contributed by atoms with Crippen molar-refractivity contribution in [2.24, 2.45) is 5.14 Å². The number of aryl methyl sites for hydroxylation is 1. The molecule has 2 aromatic carbocycles. The molecule has 0 fully saturated rings. The van der Waals surface area contributed by atoms with Gasteiger partial charge in [0.2, 0.25) is 15.9 Å². The van der Waals surface area contributed by atoms with Crippen LogP contribution in [0.5, 0.6) is 5.75 Å². The van der Waals surface area contributed by atoms with Crippen LogP contribution in [0.1, 0.15) is 36.9 Å². The summed E-state index contributed by atoms with van der Waals surface area (Å²) in [5.41, 5.74) is 2.01. The van der Waals surface area contributed by atoms with Gasteiger partial charge < -0.3 is 9.64 Å². The van der Waals surface area contributed by atoms with Crippen molar-refractivity contribution in [1.29, 1.82) is 0 Å². The van der Waals surface area contributed by atoms with E-state index >= 15 is 0 Å². The Bertz CT molecular complexity index is 862. The minimum Gasteiger partial charge on any atom is -0.494 e. The van der Waals surface area contributed by atoms with E-state index in [-0.39, 0.29) is 16.8 Å². The van der Waals surface area contributed by atoms with Crippen molar-refractivity contribution in [3.05, 3.63) is 59.7 Å². The zero-order valence-electron chi connectivity index (χ0n) is 15.9. The summed E-state index contributed by atoms with van der Waals surface area (Å²) in [6.07, 6.45) is 0.996. The Morgan fingerprint density at radius 2 is 1.70 bits per heavy atom. The number of nitrogens with two attached hydrogens (primary N) is 1. The molecule has 2 aromatic rings. The van der Waals surface area contributed by atoms with Crippen molar-refractivity contribution in [3.63, 3.8) is 0 Å². The number of nitrogens with zero attached hydrogens (tertiary/aromatic N) is 1. The van der Waals surface area contributed by atoms with Crippen molar-refractivity contribution >= 4 is 15.9 Å². The Morgan fingerprint density at radius 1 is 1.11 bits per heavy atom. The number of ether oxygens (including phenoxy) is 1. The second-order valence-corrected chi connectivity index (χ2v) is 8.12. The zero-order chi connectivity index (χ0) is 20.0. The molecule has 0 aliphatic heterocycles. The van der Waals surface area contributed by atoms with E-state index in [2.05, 4.69) is 0 Å². The summed E-state index contributed by atoms with van der Waals surface area (Å²) in [4.78, 5) is 14.1. The number of carbonyl (C=O) groups is 1. The minimum absolute atomic E-state index is 0.00512. The summed E-state index contributed by atoms with van der Waals surface area (Å²) in [6, 6.07) is 13.9. The van der Waals surface area contributed by atoms with Crippen LogP contribution in [0.3, 0.4) is 0 Å². The largest absolute Gasteiger partial charge is 0.494 e. The quantitative estimate of drug-likeness (QED) is 0.702. The fourth-order valence-electron chi connectivity index (χ4n) is 2.60. The maximum atomic E-state index is 12.4. The van der Waals surface area contributed by atoms with Gasteiger partial charge in [0.25, 0.3) is 0 Å². The highest BCUT2D eigenvalue weighted by molar-refractivity contribution is 7.89. The highest BCUT2D eigenvalue weighted by atomic mass is 32.2. The number of benzene rings is 2. The predicted molar refractivity (Wildman–Crippen MR) is 105 cm³/mol. The second-order valence-electron chi connectivity index (χ2n) is 6.56. The maximum absolute atomic E-state index is 12.4. The summed E-state index contributed by atoms with van der Waals surface area (Å²) in [6.45, 7) is 4.38. The molecule has 27 heavy (non-hydrogen) atoms. The fraction of sp³-hybridized carbons (Fsp3) is 0.350. The maximum Gasteiger partial charge on any atom is 0.238 e. The molecule has 7 heteroatoms. The molecule has 0 heterocycles. The number of primary sulfonamides is 1. The molecule has 2 rings (SSSR count). The van der Waals surface area contributed by atoms with Crippen molar-refractivity contribution in [2.75, 3.05) is 13.7 Å². The van der Waals surface area contributed by atoms with Crippen LogP contribution in [0.2, 0.25) is 0 Å². The van der Waals surface area contributed by atoms with Crippen LogP contribution in [-0.2, 0) is 14.8 Å². The van der Waals surface area contributed by atoms with E-state index in [1.807, 2.05) is 38.1 Å². The van der Waals surface area contributed by atoms with Crippen molar-refractivity contribution in [3.8, 4) is 5.75 Å². The predicted octanol–water partition coefficient (Wildman–Crippen LogP) is 3.02. The van der Waals surface area contributed by atoms with Gasteiger partial charge >= 0.3 is 0 Å². The third-order valence-corrected chi connectivity index (χ3v) is 5.42. The van der Waals surface area contributed by atoms with Crippen LogP contribution in [-0.4, -0.2) is 32.9 Å². The zero-order valence-corrected chi connectivity index (χ0v) is 16.7. The molecule has 0 aliphatic carbocycles. The molecule has 0 aromatic heterocycles. The third-order valence-electron chi connectivity index (χ3n) is 4.49. The van der Waals surface area contributed by atoms with Gasteiger partial charge in [-0.05, 0) is 50.1 Å². The van der Waals surface area contributed by atoms with Crippen LogP contribution >= 0.6 is 0 Å². The van der Waals surface area contributed by atoms with Gasteiger partial charge in [0.05, 0.1) is 17.5 Å². The van der Waals surface area contributed by atoms with Gasteiger partial charge in [-0.2, -0.15) is 0 Å². The Kier molecular flexibility index (Phi) is 6.98. The second kappa shape index (κ2) is 9.01. The Labute approximate surface area is 161 Å². The van der Waals surface area contributed by atoms with Crippen LogP contribution in [0.25, 0.3) is 0 Å². The number of amides is 1. The molecule has 6 nitrogen and oxygen atoms in total. The lowest BCUT2D eigenvalue weighted by atomic mass is 10.1. The van der Waals surface area contributed by atoms with Crippen LogP contribution < -0.4 is 9.88 Å². The summed E-state index contributed by atoms with van der Waals surface area (Å²) >= 11 is 0. The molecule has 1 amide bonds. The first kappa shape index (κ1) is 20.9. The Morgan fingerprint density at radius 3 is 2.26 bits per heavy atom. The molecule has 0 bridgehead atoms. The number of rotatable bonds is 8. The van der Waals surface area contributed by atoms with Gasteiger partial charge in [0.1, 0.15) is 5.75 Å². The van der Waals surface area contributed by atoms with Gasteiger partial charge in [-0.3, -0.25) is 4.79 Å². The van der Waals surface area contributed by atoms with Gasteiger partial charge in [-0.25, -0.2) is 13.6 Å². The Balaban J connectivity index is 1.83. The number of hydrogen-bond acceptors (Lipinski definition) is 4. The van der Waals surface area contributed by atoms with Crippen LogP contribution in [0.4, 0.5) is 0 Å². The molecule has 0 saturated carbocycles.